The van der Waals surface area contributed by atoms with Crippen LogP contribution in [0, 0.1) is 0 Å². The Labute approximate surface area is 253 Å². The van der Waals surface area contributed by atoms with Crippen molar-refractivity contribution in [3.63, 3.8) is 0 Å². The summed E-state index contributed by atoms with van der Waals surface area (Å²) in [7, 11) is 0. The van der Waals surface area contributed by atoms with Crippen LogP contribution < -0.4 is 4.74 Å². The quantitative estimate of drug-likeness (QED) is 0.119. The summed E-state index contributed by atoms with van der Waals surface area (Å²) in [5, 5.41) is 16.9. The van der Waals surface area contributed by atoms with Gasteiger partial charge in [0.2, 0.25) is 0 Å². The van der Waals surface area contributed by atoms with Gasteiger partial charge in [0.15, 0.2) is 6.61 Å². The van der Waals surface area contributed by atoms with Crippen molar-refractivity contribution < 1.29 is 27.4 Å². The molecule has 9 nitrogen and oxygen atoms in total. The molecule has 4 rings (SSSR count). The Bertz CT molecular complexity index is 1530. The van der Waals surface area contributed by atoms with E-state index >= 15 is 0 Å². The number of carbonyl (C=O) groups is 1. The molecule has 0 atom stereocenters. The number of nitrogens with zero attached hydrogens (tertiary/aromatic N) is 6. The monoisotopic (exact) mass is 706 g/mol. The Morgan fingerprint density at radius 2 is 1.70 bits per heavy atom. The number of aryl methyl sites for hydroxylation is 1. The second-order valence-electron chi connectivity index (χ2n) is 11.2. The van der Waals surface area contributed by atoms with Gasteiger partial charge in [0.25, 0.3) is 0 Å². The van der Waals surface area contributed by atoms with Crippen molar-refractivity contribution in [3.05, 3.63) is 65.4 Å². The third kappa shape index (κ3) is 8.36. The number of ether oxygens (including phenoxy) is 2. The summed E-state index contributed by atoms with van der Waals surface area (Å²) in [5.74, 6) is 0.0168. The molecule has 4 aromatic rings. The topological polar surface area (TPSA) is 97.0 Å². The van der Waals surface area contributed by atoms with E-state index in [9.17, 15) is 18.0 Å². The maximum absolute atomic E-state index is 13.5. The van der Waals surface area contributed by atoms with E-state index in [0.29, 0.717) is 17.7 Å². The van der Waals surface area contributed by atoms with E-state index in [1.54, 1.807) is 6.92 Å². The van der Waals surface area contributed by atoms with Gasteiger partial charge in [-0.2, -0.15) is 13.2 Å². The molecule has 0 amide bonds. The molecule has 0 aliphatic rings. The number of unbranched alkanes of at least 4 members (excludes halogenated alkanes) is 1. The van der Waals surface area contributed by atoms with Crippen molar-refractivity contribution in [2.75, 3.05) is 13.2 Å². The molecule has 0 bridgehead atoms. The Hall–Kier alpha value is -3.42. The molecule has 0 saturated carbocycles. The fourth-order valence-corrected chi connectivity index (χ4v) is 7.93. The molecule has 0 aliphatic heterocycles. The number of aromatic nitrogens is 6. The average Bonchev–Trinajstić information content (AvgIpc) is 3.56. The minimum atomic E-state index is -4.51. The van der Waals surface area contributed by atoms with Gasteiger partial charge in [-0.05, 0) is 13.3 Å². The number of hydrogen-bond donors (Lipinski definition) is 0. The normalized spacial score (nSPS) is 12.0. The zero-order valence-corrected chi connectivity index (χ0v) is 28.0. The van der Waals surface area contributed by atoms with Crippen LogP contribution in [0.5, 0.6) is 5.88 Å². The predicted octanol–water partition coefficient (Wildman–Crippen LogP) is 6.32. The number of carbonyl (C=O) groups excluding carboxylic acids is 1. The second-order valence-corrected chi connectivity index (χ2v) is 24.8. The summed E-state index contributed by atoms with van der Waals surface area (Å²) < 4.78 is 53.8. The maximum atomic E-state index is 13.5. The van der Waals surface area contributed by atoms with Gasteiger partial charge < -0.3 is 4.74 Å². The average molecular weight is 705 g/mol. The first-order valence-electron chi connectivity index (χ1n) is 14.3. The van der Waals surface area contributed by atoms with Crippen LogP contribution in [0.4, 0.5) is 13.2 Å². The molecule has 0 spiro atoms. The summed E-state index contributed by atoms with van der Waals surface area (Å²) in [6.45, 7) is 1.97. The Kier molecular flexibility index (Phi) is 10.5. The molecule has 0 unspecified atom stereocenters. The first-order valence-corrected chi connectivity index (χ1v) is 24.2. The molecule has 230 valence electrons. The van der Waals surface area contributed by atoms with Crippen LogP contribution in [0.15, 0.2) is 48.5 Å². The molecule has 2 heterocycles. The van der Waals surface area contributed by atoms with E-state index in [-0.39, 0.29) is 18.9 Å². The van der Waals surface area contributed by atoms with E-state index in [4.69, 9.17) is 9.47 Å². The van der Waals surface area contributed by atoms with Crippen LogP contribution in [0.2, 0.25) is 14.8 Å². The van der Waals surface area contributed by atoms with Crippen molar-refractivity contribution in [1.82, 2.24) is 28.2 Å². The molecule has 0 N–H and O–H groups in total. The fourth-order valence-electron chi connectivity index (χ4n) is 4.77. The van der Waals surface area contributed by atoms with Crippen LogP contribution in [0.3, 0.4) is 0 Å². The third-order valence-corrected chi connectivity index (χ3v) is 11.2. The molecule has 13 heteroatoms. The number of hydrogen-bond acceptors (Lipinski definition) is 7. The van der Waals surface area contributed by atoms with Gasteiger partial charge >= 0.3 is 185 Å². The Morgan fingerprint density at radius 3 is 2.33 bits per heavy atom. The first-order chi connectivity index (χ1) is 20.4. The molecule has 0 aliphatic carbocycles. The zero-order chi connectivity index (χ0) is 31.2. The van der Waals surface area contributed by atoms with Gasteiger partial charge in [0.1, 0.15) is 6.54 Å². The SMILES string of the molecule is CCCCc1nn(CC(F)(F)F)c(OCC(=O)OCC)c1Cc1ccc(-c2ccccc2-c2nnn[n]2[Sn]([CH3])([CH3])[CH3])cc1. The molecule has 0 radical (unpaired) electrons. The van der Waals surface area contributed by atoms with E-state index in [1.165, 1.54) is 0 Å². The van der Waals surface area contributed by atoms with Crippen LogP contribution in [-0.4, -0.2) is 72.2 Å². The van der Waals surface area contributed by atoms with Gasteiger partial charge in [-0.15, -0.1) is 0 Å². The van der Waals surface area contributed by atoms with Crippen LogP contribution in [0.25, 0.3) is 22.5 Å². The predicted molar refractivity (Wildman–Crippen MR) is 159 cm³/mol. The number of esters is 1. The van der Waals surface area contributed by atoms with Crippen molar-refractivity contribution in [2.45, 2.75) is 67.1 Å². The van der Waals surface area contributed by atoms with Gasteiger partial charge in [-0.3, -0.25) is 0 Å². The minimum absolute atomic E-state index is 0.0637. The summed E-state index contributed by atoms with van der Waals surface area (Å²) in [5.41, 5.74) is 4.78. The second kappa shape index (κ2) is 13.9. The molecular weight excluding hydrogens is 668 g/mol. The van der Waals surface area contributed by atoms with E-state index in [1.807, 2.05) is 58.4 Å². The number of benzene rings is 2. The molecule has 0 saturated heterocycles. The Balaban J connectivity index is 1.69. The first kappa shape index (κ1) is 32.5. The van der Waals surface area contributed by atoms with E-state index in [0.717, 1.165) is 45.6 Å². The summed E-state index contributed by atoms with van der Waals surface area (Å²) >= 11 is -2.67. The van der Waals surface area contributed by atoms with Crippen molar-refractivity contribution in [2.24, 2.45) is 0 Å². The van der Waals surface area contributed by atoms with Gasteiger partial charge in [-0.1, -0.05) is 13.3 Å². The number of halogens is 3. The van der Waals surface area contributed by atoms with Crippen LogP contribution >= 0.6 is 0 Å². The number of tetrazole rings is 1. The molecule has 2 aromatic carbocycles. The van der Waals surface area contributed by atoms with Crippen LogP contribution in [0.1, 0.15) is 43.5 Å². The Morgan fingerprint density at radius 1 is 1.00 bits per heavy atom. The molecule has 2 aromatic heterocycles. The number of rotatable bonds is 13. The van der Waals surface area contributed by atoms with Crippen molar-refractivity contribution in [1.29, 1.82) is 0 Å². The summed E-state index contributed by atoms with van der Waals surface area (Å²) in [6.07, 6.45) is -2.14. The summed E-state index contributed by atoms with van der Waals surface area (Å²) in [4.78, 5) is 18.7. The fraction of sp³-hybridized carbons (Fsp3) is 0.433. The van der Waals surface area contributed by atoms with E-state index in [2.05, 4.69) is 35.4 Å². The van der Waals surface area contributed by atoms with Gasteiger partial charge in [0.05, 0.1) is 6.61 Å². The zero-order valence-electron chi connectivity index (χ0n) is 25.1. The van der Waals surface area contributed by atoms with Gasteiger partial charge in [-0.25, -0.2) is 4.79 Å². The molecular formula is C30H37F3N6O3Sn. The van der Waals surface area contributed by atoms with Crippen molar-refractivity contribution in [3.8, 4) is 28.4 Å². The van der Waals surface area contributed by atoms with Crippen molar-refractivity contribution >= 4 is 24.6 Å². The third-order valence-electron chi connectivity index (χ3n) is 6.73. The standard InChI is InChI=1S/C27H28F3N6O3.3CH3.Sn/c1-3-5-10-23-22(26(39-16-24(37)38-4-2)36(33-23)17-27(28,29)30)15-18-11-13-19(14-12-18)20-8-6-7-9-21(20)25-31-34-35-32-25;;;;/h6-9,11-14H,3-5,10,15-17H2,1-2H3;3*1H3;/q-1;;;;+1. The van der Waals surface area contributed by atoms with Gasteiger partial charge in [0, 0.05) is 0 Å². The van der Waals surface area contributed by atoms with E-state index < -0.39 is 43.9 Å². The molecule has 43 heavy (non-hydrogen) atoms. The number of alkyl halides is 3. The van der Waals surface area contributed by atoms with Crippen LogP contribution in [-0.2, 0) is 28.9 Å². The summed E-state index contributed by atoms with van der Waals surface area (Å²) in [6, 6.07) is 15.8. The molecule has 0 fully saturated rings.